The smallest absolute Gasteiger partial charge is 0.0465 e. The molecule has 7 aromatic rings. The van der Waals surface area contributed by atoms with E-state index in [0.29, 0.717) is 0 Å². The summed E-state index contributed by atoms with van der Waals surface area (Å²) in [6.07, 6.45) is 0. The third-order valence-electron chi connectivity index (χ3n) is 12.3. The van der Waals surface area contributed by atoms with E-state index in [4.69, 9.17) is 0 Å². The van der Waals surface area contributed by atoms with Gasteiger partial charge in [-0.2, -0.15) is 0 Å². The Kier molecular flexibility index (Phi) is 9.75. The Morgan fingerprint density at radius 1 is 0.345 bits per heavy atom. The van der Waals surface area contributed by atoms with Crippen LogP contribution in [0.3, 0.4) is 0 Å². The van der Waals surface area contributed by atoms with Crippen molar-refractivity contribution in [1.29, 1.82) is 0 Å². The number of fused-ring (bicyclic) bond motifs is 3. The van der Waals surface area contributed by atoms with Gasteiger partial charge in [0.25, 0.3) is 0 Å². The number of hydrogen-bond donors (Lipinski definition) is 0. The molecular formula is C56H58N2. The van der Waals surface area contributed by atoms with E-state index in [9.17, 15) is 0 Å². The SMILES string of the molecule is Cc1ccc(N(c2ccc(C(C)(C)C)cc2)c2ccc3c(c2)C(C)(c2cc(C)cc(C)c2)c2cc(N(c4ccc(C)cc4)c4ccc(C(C)(C)C)cc4)ccc2-3)cc1. The number of anilines is 6. The molecule has 292 valence electrons. The lowest BCUT2D eigenvalue weighted by Gasteiger charge is -2.32. The van der Waals surface area contributed by atoms with Gasteiger partial charge in [0.2, 0.25) is 0 Å². The molecule has 2 nitrogen and oxygen atoms in total. The van der Waals surface area contributed by atoms with Gasteiger partial charge in [0, 0.05) is 39.5 Å². The molecule has 1 aliphatic carbocycles. The van der Waals surface area contributed by atoms with Crippen LogP contribution in [0.1, 0.15) is 98.5 Å². The van der Waals surface area contributed by atoms with Crippen LogP contribution in [-0.2, 0) is 16.2 Å². The van der Waals surface area contributed by atoms with Gasteiger partial charge in [0.1, 0.15) is 0 Å². The maximum Gasteiger partial charge on any atom is 0.0465 e. The largest absolute Gasteiger partial charge is 0.310 e. The fourth-order valence-electron chi connectivity index (χ4n) is 8.86. The van der Waals surface area contributed by atoms with Gasteiger partial charge in [0.15, 0.2) is 0 Å². The molecule has 0 unspecified atom stereocenters. The molecule has 0 radical (unpaired) electrons. The molecule has 0 aromatic heterocycles. The van der Waals surface area contributed by atoms with Crippen molar-refractivity contribution in [2.24, 2.45) is 0 Å². The Bertz CT molecular complexity index is 2420. The first-order chi connectivity index (χ1) is 27.5. The third kappa shape index (κ3) is 7.15. The topological polar surface area (TPSA) is 6.48 Å². The second-order valence-corrected chi connectivity index (χ2v) is 18.9. The van der Waals surface area contributed by atoms with Crippen LogP contribution >= 0.6 is 0 Å². The Morgan fingerprint density at radius 2 is 0.655 bits per heavy atom. The molecule has 0 aliphatic heterocycles. The van der Waals surface area contributed by atoms with Crippen molar-refractivity contribution in [3.05, 3.63) is 202 Å². The van der Waals surface area contributed by atoms with Crippen LogP contribution in [0.25, 0.3) is 11.1 Å². The van der Waals surface area contributed by atoms with E-state index in [-0.39, 0.29) is 10.8 Å². The molecule has 0 atom stereocenters. The lowest BCUT2D eigenvalue weighted by atomic mass is 9.73. The number of aryl methyl sites for hydroxylation is 4. The molecule has 0 spiro atoms. The van der Waals surface area contributed by atoms with Gasteiger partial charge in [-0.3, -0.25) is 0 Å². The minimum Gasteiger partial charge on any atom is -0.310 e. The summed E-state index contributed by atoms with van der Waals surface area (Å²) in [5, 5.41) is 0. The normalized spacial score (nSPS) is 13.2. The Balaban J connectivity index is 1.33. The Morgan fingerprint density at radius 3 is 0.983 bits per heavy atom. The van der Waals surface area contributed by atoms with Crippen molar-refractivity contribution in [3.8, 4) is 11.1 Å². The van der Waals surface area contributed by atoms with Crippen molar-refractivity contribution >= 4 is 34.1 Å². The Labute approximate surface area is 347 Å². The van der Waals surface area contributed by atoms with Crippen LogP contribution in [0.15, 0.2) is 152 Å². The van der Waals surface area contributed by atoms with Crippen molar-refractivity contribution < 1.29 is 0 Å². The zero-order valence-electron chi connectivity index (χ0n) is 36.3. The highest BCUT2D eigenvalue weighted by atomic mass is 15.1. The summed E-state index contributed by atoms with van der Waals surface area (Å²) >= 11 is 0. The predicted molar refractivity (Wildman–Crippen MR) is 250 cm³/mol. The second kappa shape index (κ2) is 14.5. The molecule has 0 bridgehead atoms. The lowest BCUT2D eigenvalue weighted by Crippen LogP contribution is -2.24. The molecule has 8 rings (SSSR count). The summed E-state index contributed by atoms with van der Waals surface area (Å²) in [6.45, 7) is 24.9. The highest BCUT2D eigenvalue weighted by molar-refractivity contribution is 5.90. The van der Waals surface area contributed by atoms with Crippen LogP contribution in [-0.4, -0.2) is 0 Å². The lowest BCUT2D eigenvalue weighted by molar-refractivity contribution is 0.590. The fraction of sp³-hybridized carbons (Fsp3) is 0.250. The monoisotopic (exact) mass is 758 g/mol. The van der Waals surface area contributed by atoms with Gasteiger partial charge in [0.05, 0.1) is 0 Å². The van der Waals surface area contributed by atoms with Gasteiger partial charge in [-0.15, -0.1) is 0 Å². The minimum absolute atomic E-state index is 0.0735. The van der Waals surface area contributed by atoms with Gasteiger partial charge in [-0.25, -0.2) is 0 Å². The highest BCUT2D eigenvalue weighted by Crippen LogP contribution is 2.55. The van der Waals surface area contributed by atoms with Crippen LogP contribution in [0.5, 0.6) is 0 Å². The molecule has 58 heavy (non-hydrogen) atoms. The summed E-state index contributed by atoms with van der Waals surface area (Å²) in [6, 6.07) is 57.5. The fourth-order valence-corrected chi connectivity index (χ4v) is 8.86. The first kappa shape index (κ1) is 39.0. The number of benzene rings is 7. The Hall–Kier alpha value is -5.86. The standard InChI is InChI=1S/C56H58N2/c1-37-12-20-44(21-13-37)57(46-24-16-41(17-25-46)54(5,6)7)48-28-30-50-51-31-29-49(36-53(51)56(11,52(50)35-48)43-33-39(3)32-40(4)34-43)58(45-22-14-38(2)15-23-45)47-26-18-42(19-27-47)55(8,9)10/h12-36H,1-11H3. The van der Waals surface area contributed by atoms with E-state index in [0.717, 1.165) is 34.1 Å². The molecule has 0 saturated carbocycles. The summed E-state index contributed by atoms with van der Waals surface area (Å²) in [7, 11) is 0. The first-order valence-corrected chi connectivity index (χ1v) is 20.8. The highest BCUT2D eigenvalue weighted by Gasteiger charge is 2.42. The molecule has 0 amide bonds. The minimum atomic E-state index is -0.419. The van der Waals surface area contributed by atoms with Crippen molar-refractivity contribution in [1.82, 2.24) is 0 Å². The number of nitrogens with zero attached hydrogens (tertiary/aromatic N) is 2. The van der Waals surface area contributed by atoms with Crippen molar-refractivity contribution in [2.75, 3.05) is 9.80 Å². The second-order valence-electron chi connectivity index (χ2n) is 18.9. The van der Waals surface area contributed by atoms with Crippen LogP contribution < -0.4 is 9.80 Å². The summed E-state index contributed by atoms with van der Waals surface area (Å²) in [4.78, 5) is 4.84. The zero-order valence-corrected chi connectivity index (χ0v) is 36.3. The molecular weight excluding hydrogens is 701 g/mol. The van der Waals surface area contributed by atoms with E-state index in [1.165, 1.54) is 61.2 Å². The molecule has 2 heteroatoms. The van der Waals surface area contributed by atoms with E-state index in [1.54, 1.807) is 0 Å². The van der Waals surface area contributed by atoms with Gasteiger partial charge < -0.3 is 9.80 Å². The number of hydrogen-bond acceptors (Lipinski definition) is 2. The zero-order chi connectivity index (χ0) is 41.1. The van der Waals surface area contributed by atoms with Gasteiger partial charge >= 0.3 is 0 Å². The molecule has 1 aliphatic rings. The summed E-state index contributed by atoms with van der Waals surface area (Å²) in [5.41, 5.74) is 20.8. The summed E-state index contributed by atoms with van der Waals surface area (Å²) < 4.78 is 0. The molecule has 0 N–H and O–H groups in total. The molecule has 0 heterocycles. The van der Waals surface area contributed by atoms with Crippen molar-refractivity contribution in [3.63, 3.8) is 0 Å². The summed E-state index contributed by atoms with van der Waals surface area (Å²) in [5.74, 6) is 0. The third-order valence-corrected chi connectivity index (χ3v) is 12.3. The molecule has 0 saturated heterocycles. The van der Waals surface area contributed by atoms with E-state index >= 15 is 0 Å². The average Bonchev–Trinajstić information content (AvgIpc) is 3.43. The molecule has 7 aromatic carbocycles. The van der Waals surface area contributed by atoms with E-state index < -0.39 is 5.41 Å². The quantitative estimate of drug-likeness (QED) is 0.160. The maximum atomic E-state index is 2.47. The first-order valence-electron chi connectivity index (χ1n) is 20.8. The van der Waals surface area contributed by atoms with Gasteiger partial charge in [-0.1, -0.05) is 143 Å². The van der Waals surface area contributed by atoms with Crippen molar-refractivity contribution in [2.45, 2.75) is 92.4 Å². The maximum absolute atomic E-state index is 2.47. The van der Waals surface area contributed by atoms with E-state index in [2.05, 4.69) is 238 Å². The predicted octanol–water partition coefficient (Wildman–Crippen LogP) is 15.8. The van der Waals surface area contributed by atoms with E-state index in [1.807, 2.05) is 0 Å². The number of rotatable bonds is 7. The molecule has 0 fully saturated rings. The van der Waals surface area contributed by atoms with Crippen LogP contribution in [0, 0.1) is 27.7 Å². The van der Waals surface area contributed by atoms with Crippen LogP contribution in [0.2, 0.25) is 0 Å². The average molecular weight is 759 g/mol. The van der Waals surface area contributed by atoms with Gasteiger partial charge in [-0.05, 0) is 157 Å². The van der Waals surface area contributed by atoms with Crippen LogP contribution in [0.4, 0.5) is 34.1 Å².